The molecule has 0 aromatic heterocycles. The van der Waals surface area contributed by atoms with Gasteiger partial charge in [0.25, 0.3) is 0 Å². The zero-order chi connectivity index (χ0) is 12.8. The summed E-state index contributed by atoms with van der Waals surface area (Å²) in [5.41, 5.74) is 0.211. The summed E-state index contributed by atoms with van der Waals surface area (Å²) in [5.74, 6) is -0.227. The van der Waals surface area contributed by atoms with Crippen molar-refractivity contribution in [3.63, 3.8) is 0 Å². The summed E-state index contributed by atoms with van der Waals surface area (Å²) in [6.07, 6.45) is 0.449. The molecule has 2 unspecified atom stereocenters. The Kier molecular flexibility index (Phi) is 5.56. The molecule has 1 aromatic carbocycles. The van der Waals surface area contributed by atoms with E-state index in [2.05, 4.69) is 12.2 Å². The topological polar surface area (TPSA) is 12.0 Å². The van der Waals surface area contributed by atoms with Crippen LogP contribution in [0.25, 0.3) is 0 Å². The van der Waals surface area contributed by atoms with Gasteiger partial charge in [0.1, 0.15) is 11.6 Å². The smallest absolute Gasteiger partial charge is 0.129 e. The van der Waals surface area contributed by atoms with E-state index in [1.807, 2.05) is 13.8 Å². The number of halogens is 2. The molecule has 0 fully saturated rings. The minimum atomic E-state index is -0.437. The van der Waals surface area contributed by atoms with Crippen LogP contribution in [-0.4, -0.2) is 13.1 Å². The van der Waals surface area contributed by atoms with Crippen molar-refractivity contribution in [3.05, 3.63) is 35.4 Å². The highest BCUT2D eigenvalue weighted by Gasteiger charge is 2.17. The molecule has 0 amide bonds. The third-order valence-electron chi connectivity index (χ3n) is 3.28. The third-order valence-corrected chi connectivity index (χ3v) is 3.28. The van der Waals surface area contributed by atoms with Crippen LogP contribution in [0.4, 0.5) is 8.78 Å². The highest BCUT2D eigenvalue weighted by Crippen LogP contribution is 2.21. The maximum absolute atomic E-state index is 13.5. The molecule has 0 aliphatic carbocycles. The number of rotatable bonds is 6. The Morgan fingerprint density at radius 2 is 1.71 bits per heavy atom. The molecular weight excluding hydrogens is 220 g/mol. The van der Waals surface area contributed by atoms with Crippen LogP contribution in [0.3, 0.4) is 0 Å². The van der Waals surface area contributed by atoms with Crippen molar-refractivity contribution in [2.75, 3.05) is 13.1 Å². The van der Waals surface area contributed by atoms with E-state index in [0.717, 1.165) is 13.1 Å². The van der Waals surface area contributed by atoms with Crippen molar-refractivity contribution in [2.24, 2.45) is 11.8 Å². The highest BCUT2D eigenvalue weighted by atomic mass is 19.1. The largest absolute Gasteiger partial charge is 0.317 e. The Bertz CT molecular complexity index is 332. The first-order chi connectivity index (χ1) is 8.06. The second-order valence-corrected chi connectivity index (χ2v) is 4.67. The molecule has 1 N–H and O–H groups in total. The zero-order valence-corrected chi connectivity index (χ0v) is 10.8. The fraction of sp³-hybridized carbons (Fsp3) is 0.571. The lowest BCUT2D eigenvalue weighted by atomic mass is 9.89. The van der Waals surface area contributed by atoms with E-state index in [0.29, 0.717) is 12.3 Å². The summed E-state index contributed by atoms with van der Waals surface area (Å²) in [4.78, 5) is 0. The normalized spacial score (nSPS) is 14.6. The van der Waals surface area contributed by atoms with Gasteiger partial charge in [0.2, 0.25) is 0 Å². The molecule has 0 aliphatic heterocycles. The summed E-state index contributed by atoms with van der Waals surface area (Å²) in [6, 6.07) is 4.04. The van der Waals surface area contributed by atoms with Crippen molar-refractivity contribution in [1.82, 2.24) is 5.32 Å². The van der Waals surface area contributed by atoms with Crippen LogP contribution in [0.2, 0.25) is 0 Å². The second-order valence-electron chi connectivity index (χ2n) is 4.67. The molecule has 0 saturated heterocycles. The molecule has 0 radical (unpaired) electrons. The first-order valence-corrected chi connectivity index (χ1v) is 6.19. The summed E-state index contributed by atoms with van der Waals surface area (Å²) in [5, 5.41) is 3.26. The van der Waals surface area contributed by atoms with Gasteiger partial charge < -0.3 is 5.32 Å². The third kappa shape index (κ3) is 4.08. The van der Waals surface area contributed by atoms with Gasteiger partial charge in [0.15, 0.2) is 0 Å². The number of hydrogen-bond acceptors (Lipinski definition) is 1. The summed E-state index contributed by atoms with van der Waals surface area (Å²) >= 11 is 0. The average molecular weight is 241 g/mol. The molecule has 0 aliphatic rings. The van der Waals surface area contributed by atoms with Gasteiger partial charge in [-0.3, -0.25) is 0 Å². The summed E-state index contributed by atoms with van der Waals surface area (Å²) < 4.78 is 26.9. The van der Waals surface area contributed by atoms with Gasteiger partial charge >= 0.3 is 0 Å². The molecule has 96 valence electrons. The highest BCUT2D eigenvalue weighted by molar-refractivity contribution is 5.20. The molecule has 1 nitrogen and oxygen atoms in total. The molecule has 0 saturated carbocycles. The van der Waals surface area contributed by atoms with Gasteiger partial charge in [-0.15, -0.1) is 0 Å². The lowest BCUT2D eigenvalue weighted by molar-refractivity contribution is 0.359. The standard InChI is InChI=1S/C14H21F2N/c1-4-17-9-11(3)10(2)8-12-13(15)6-5-7-14(12)16/h5-7,10-11,17H,4,8-9H2,1-3H3. The van der Waals surface area contributed by atoms with Crippen molar-refractivity contribution in [3.8, 4) is 0 Å². The van der Waals surface area contributed by atoms with Crippen LogP contribution in [0.15, 0.2) is 18.2 Å². The van der Waals surface area contributed by atoms with Crippen LogP contribution in [0, 0.1) is 23.5 Å². The molecule has 3 heteroatoms. The van der Waals surface area contributed by atoms with E-state index >= 15 is 0 Å². The molecule has 0 bridgehead atoms. The monoisotopic (exact) mass is 241 g/mol. The molecular formula is C14H21F2N. The average Bonchev–Trinajstić information content (AvgIpc) is 2.30. The molecule has 0 spiro atoms. The lowest BCUT2D eigenvalue weighted by Gasteiger charge is -2.20. The Morgan fingerprint density at radius 3 is 2.24 bits per heavy atom. The van der Waals surface area contributed by atoms with Crippen molar-refractivity contribution < 1.29 is 8.78 Å². The van der Waals surface area contributed by atoms with Gasteiger partial charge in [0.05, 0.1) is 0 Å². The van der Waals surface area contributed by atoms with E-state index in [1.165, 1.54) is 18.2 Å². The molecule has 2 atom stereocenters. The van der Waals surface area contributed by atoms with Gasteiger partial charge in [0, 0.05) is 5.56 Å². The molecule has 1 aromatic rings. The maximum Gasteiger partial charge on any atom is 0.129 e. The second kappa shape index (κ2) is 6.70. The fourth-order valence-electron chi connectivity index (χ4n) is 1.82. The van der Waals surface area contributed by atoms with E-state index < -0.39 is 11.6 Å². The number of benzene rings is 1. The van der Waals surface area contributed by atoms with Crippen molar-refractivity contribution >= 4 is 0 Å². The quantitative estimate of drug-likeness (QED) is 0.805. The van der Waals surface area contributed by atoms with Crippen LogP contribution in [-0.2, 0) is 6.42 Å². The van der Waals surface area contributed by atoms with E-state index in [1.54, 1.807) is 0 Å². The SMILES string of the molecule is CCNCC(C)C(C)Cc1c(F)cccc1F. The Labute approximate surface area is 102 Å². The maximum atomic E-state index is 13.5. The minimum Gasteiger partial charge on any atom is -0.317 e. The number of nitrogens with one attached hydrogen (secondary N) is 1. The van der Waals surface area contributed by atoms with E-state index in [4.69, 9.17) is 0 Å². The zero-order valence-electron chi connectivity index (χ0n) is 10.8. The summed E-state index contributed by atoms with van der Waals surface area (Å²) in [6.45, 7) is 7.99. The van der Waals surface area contributed by atoms with Crippen LogP contribution >= 0.6 is 0 Å². The Hall–Kier alpha value is -0.960. The number of hydrogen-bond donors (Lipinski definition) is 1. The van der Waals surface area contributed by atoms with Gasteiger partial charge in [-0.05, 0) is 43.5 Å². The van der Waals surface area contributed by atoms with Crippen LogP contribution in [0.5, 0.6) is 0 Å². The van der Waals surface area contributed by atoms with Gasteiger partial charge in [-0.1, -0.05) is 26.8 Å². The van der Waals surface area contributed by atoms with E-state index in [-0.39, 0.29) is 11.5 Å². The van der Waals surface area contributed by atoms with E-state index in [9.17, 15) is 8.78 Å². The molecule has 1 rings (SSSR count). The van der Waals surface area contributed by atoms with Crippen molar-refractivity contribution in [1.29, 1.82) is 0 Å². The van der Waals surface area contributed by atoms with Crippen LogP contribution in [0.1, 0.15) is 26.3 Å². The van der Waals surface area contributed by atoms with Crippen LogP contribution < -0.4 is 5.32 Å². The first-order valence-electron chi connectivity index (χ1n) is 6.19. The molecule has 17 heavy (non-hydrogen) atoms. The predicted octanol–water partition coefficient (Wildman–Crippen LogP) is 3.39. The van der Waals surface area contributed by atoms with Gasteiger partial charge in [-0.25, -0.2) is 8.78 Å². The Morgan fingerprint density at radius 1 is 1.12 bits per heavy atom. The Balaban J connectivity index is 2.64. The first kappa shape index (κ1) is 14.1. The molecule has 0 heterocycles. The minimum absolute atomic E-state index is 0.211. The van der Waals surface area contributed by atoms with Gasteiger partial charge in [-0.2, -0.15) is 0 Å². The van der Waals surface area contributed by atoms with Crippen molar-refractivity contribution in [2.45, 2.75) is 27.2 Å². The predicted molar refractivity (Wildman–Crippen MR) is 66.9 cm³/mol. The lowest BCUT2D eigenvalue weighted by Crippen LogP contribution is -2.26. The summed E-state index contributed by atoms with van der Waals surface area (Å²) in [7, 11) is 0. The fourth-order valence-corrected chi connectivity index (χ4v) is 1.82.